The van der Waals surface area contributed by atoms with Gasteiger partial charge in [-0.3, -0.25) is 5.10 Å². The van der Waals surface area contributed by atoms with Crippen LogP contribution in [-0.2, 0) is 4.74 Å². The summed E-state index contributed by atoms with van der Waals surface area (Å²) in [5, 5.41) is 8.25. The number of ether oxygens (including phenoxy) is 1. The van der Waals surface area contributed by atoms with Gasteiger partial charge < -0.3 is 4.74 Å². The molecule has 2 aromatic rings. The molecule has 1 aliphatic heterocycles. The van der Waals surface area contributed by atoms with Gasteiger partial charge in [-0.25, -0.2) is 0 Å². The zero-order chi connectivity index (χ0) is 11.0. The first-order valence-corrected chi connectivity index (χ1v) is 5.55. The molecule has 0 saturated heterocycles. The summed E-state index contributed by atoms with van der Waals surface area (Å²) >= 11 is 0. The molecule has 1 N–H and O–H groups in total. The number of rotatable bonds is 1. The molecule has 0 atom stereocenters. The summed E-state index contributed by atoms with van der Waals surface area (Å²) in [5.41, 5.74) is 5.12. The highest BCUT2D eigenvalue weighted by Gasteiger charge is 2.10. The third-order valence-electron chi connectivity index (χ3n) is 3.09. The standard InChI is InChI=1S/C13H14N2O/c1-9-6-11-8-14-15-13(11)7-12(9)10-2-4-16-5-3-10/h2,6-8H,3-5H2,1H3,(H,14,15). The Hall–Kier alpha value is -1.61. The van der Waals surface area contributed by atoms with E-state index in [1.807, 2.05) is 6.20 Å². The fourth-order valence-electron chi connectivity index (χ4n) is 2.22. The number of hydrogen-bond donors (Lipinski definition) is 1. The zero-order valence-corrected chi connectivity index (χ0v) is 9.29. The summed E-state index contributed by atoms with van der Waals surface area (Å²) in [6, 6.07) is 4.37. The Morgan fingerprint density at radius 3 is 3.12 bits per heavy atom. The van der Waals surface area contributed by atoms with Gasteiger partial charge >= 0.3 is 0 Å². The van der Waals surface area contributed by atoms with E-state index in [-0.39, 0.29) is 0 Å². The van der Waals surface area contributed by atoms with E-state index in [0.717, 1.165) is 25.2 Å². The molecule has 2 heterocycles. The van der Waals surface area contributed by atoms with Crippen LogP contribution >= 0.6 is 0 Å². The van der Waals surface area contributed by atoms with Crippen LogP contribution in [0.2, 0.25) is 0 Å². The van der Waals surface area contributed by atoms with E-state index in [4.69, 9.17) is 4.74 Å². The topological polar surface area (TPSA) is 37.9 Å². The Morgan fingerprint density at radius 1 is 1.38 bits per heavy atom. The van der Waals surface area contributed by atoms with Crippen molar-refractivity contribution in [3.63, 3.8) is 0 Å². The second-order valence-corrected chi connectivity index (χ2v) is 4.18. The number of H-pyrrole nitrogens is 1. The van der Waals surface area contributed by atoms with Crippen molar-refractivity contribution in [2.24, 2.45) is 0 Å². The molecule has 1 aromatic carbocycles. The minimum Gasteiger partial charge on any atom is -0.377 e. The van der Waals surface area contributed by atoms with Crippen molar-refractivity contribution in [2.45, 2.75) is 13.3 Å². The van der Waals surface area contributed by atoms with Gasteiger partial charge in [0.2, 0.25) is 0 Å². The first-order chi connectivity index (χ1) is 7.84. The lowest BCUT2D eigenvalue weighted by molar-refractivity contribution is 0.161. The largest absolute Gasteiger partial charge is 0.377 e. The molecule has 1 aliphatic rings. The summed E-state index contributed by atoms with van der Waals surface area (Å²) in [5.74, 6) is 0. The average molecular weight is 214 g/mol. The molecular weight excluding hydrogens is 200 g/mol. The molecule has 0 radical (unpaired) electrons. The molecule has 16 heavy (non-hydrogen) atoms. The molecule has 0 bridgehead atoms. The van der Waals surface area contributed by atoms with Crippen molar-refractivity contribution in [3.05, 3.63) is 35.5 Å². The molecule has 0 spiro atoms. The van der Waals surface area contributed by atoms with Gasteiger partial charge in [-0.05, 0) is 42.2 Å². The van der Waals surface area contributed by atoms with E-state index in [9.17, 15) is 0 Å². The van der Waals surface area contributed by atoms with Gasteiger partial charge in [-0.1, -0.05) is 6.08 Å². The van der Waals surface area contributed by atoms with Gasteiger partial charge in [-0.15, -0.1) is 0 Å². The molecule has 0 saturated carbocycles. The monoisotopic (exact) mass is 214 g/mol. The van der Waals surface area contributed by atoms with E-state index >= 15 is 0 Å². The van der Waals surface area contributed by atoms with Gasteiger partial charge in [0.15, 0.2) is 0 Å². The maximum Gasteiger partial charge on any atom is 0.0656 e. The van der Waals surface area contributed by atoms with Gasteiger partial charge in [-0.2, -0.15) is 5.10 Å². The van der Waals surface area contributed by atoms with Crippen LogP contribution in [0.3, 0.4) is 0 Å². The molecule has 3 rings (SSSR count). The van der Waals surface area contributed by atoms with Crippen LogP contribution < -0.4 is 0 Å². The second-order valence-electron chi connectivity index (χ2n) is 4.18. The van der Waals surface area contributed by atoms with Gasteiger partial charge in [0.05, 0.1) is 24.9 Å². The summed E-state index contributed by atoms with van der Waals surface area (Å²) in [6.07, 6.45) is 5.04. The minimum absolute atomic E-state index is 0.732. The average Bonchev–Trinajstić information content (AvgIpc) is 2.76. The molecule has 1 aromatic heterocycles. The van der Waals surface area contributed by atoms with Gasteiger partial charge in [0.25, 0.3) is 0 Å². The van der Waals surface area contributed by atoms with Crippen LogP contribution in [0.5, 0.6) is 0 Å². The highest BCUT2D eigenvalue weighted by molar-refractivity contribution is 5.84. The second kappa shape index (κ2) is 3.76. The quantitative estimate of drug-likeness (QED) is 0.792. The Labute approximate surface area is 94.1 Å². The van der Waals surface area contributed by atoms with Crippen molar-refractivity contribution < 1.29 is 4.74 Å². The van der Waals surface area contributed by atoms with E-state index in [0.29, 0.717) is 0 Å². The summed E-state index contributed by atoms with van der Waals surface area (Å²) in [7, 11) is 0. The van der Waals surface area contributed by atoms with E-state index in [2.05, 4.69) is 35.3 Å². The van der Waals surface area contributed by atoms with Crippen molar-refractivity contribution >= 4 is 16.5 Å². The van der Waals surface area contributed by atoms with Crippen LogP contribution in [-0.4, -0.2) is 23.4 Å². The summed E-state index contributed by atoms with van der Waals surface area (Å²) < 4.78 is 5.34. The predicted molar refractivity (Wildman–Crippen MR) is 64.2 cm³/mol. The smallest absolute Gasteiger partial charge is 0.0656 e. The zero-order valence-electron chi connectivity index (χ0n) is 9.29. The summed E-state index contributed by atoms with van der Waals surface area (Å²) in [6.45, 7) is 3.71. The highest BCUT2D eigenvalue weighted by Crippen LogP contribution is 2.27. The Kier molecular flexibility index (Phi) is 2.26. The number of hydrogen-bond acceptors (Lipinski definition) is 2. The lowest BCUT2D eigenvalue weighted by atomic mass is 9.96. The number of fused-ring (bicyclic) bond motifs is 1. The fourth-order valence-corrected chi connectivity index (χ4v) is 2.22. The van der Waals surface area contributed by atoms with Crippen LogP contribution in [0.15, 0.2) is 24.4 Å². The van der Waals surface area contributed by atoms with Crippen molar-refractivity contribution in [1.82, 2.24) is 10.2 Å². The molecular formula is C13H14N2O. The van der Waals surface area contributed by atoms with Crippen LogP contribution in [0, 0.1) is 6.92 Å². The normalized spacial score (nSPS) is 16.4. The third kappa shape index (κ3) is 1.53. The number of aromatic amines is 1. The number of benzene rings is 1. The number of aromatic nitrogens is 2. The van der Waals surface area contributed by atoms with Crippen molar-refractivity contribution in [1.29, 1.82) is 0 Å². The van der Waals surface area contributed by atoms with E-state index in [1.54, 1.807) is 0 Å². The molecule has 3 nitrogen and oxygen atoms in total. The number of aryl methyl sites for hydroxylation is 1. The van der Waals surface area contributed by atoms with Crippen LogP contribution in [0.25, 0.3) is 16.5 Å². The first kappa shape index (κ1) is 9.60. The van der Waals surface area contributed by atoms with Crippen LogP contribution in [0.4, 0.5) is 0 Å². The molecule has 0 unspecified atom stereocenters. The molecule has 0 aliphatic carbocycles. The fraction of sp³-hybridized carbons (Fsp3) is 0.308. The van der Waals surface area contributed by atoms with E-state index < -0.39 is 0 Å². The number of nitrogens with zero attached hydrogens (tertiary/aromatic N) is 1. The van der Waals surface area contributed by atoms with Crippen molar-refractivity contribution in [3.8, 4) is 0 Å². The molecule has 3 heteroatoms. The molecule has 0 amide bonds. The Bertz CT molecular complexity index is 554. The first-order valence-electron chi connectivity index (χ1n) is 5.55. The van der Waals surface area contributed by atoms with Gasteiger partial charge in [0, 0.05) is 5.39 Å². The molecule has 82 valence electrons. The van der Waals surface area contributed by atoms with Crippen molar-refractivity contribution in [2.75, 3.05) is 13.2 Å². The predicted octanol–water partition coefficient (Wildman–Crippen LogP) is 2.68. The highest BCUT2D eigenvalue weighted by atomic mass is 16.5. The Morgan fingerprint density at radius 2 is 2.31 bits per heavy atom. The van der Waals surface area contributed by atoms with E-state index in [1.165, 1.54) is 22.1 Å². The number of nitrogens with one attached hydrogen (secondary N) is 1. The lowest BCUT2D eigenvalue weighted by Gasteiger charge is -2.15. The third-order valence-corrected chi connectivity index (χ3v) is 3.09. The maximum atomic E-state index is 5.34. The Balaban J connectivity index is 2.14. The SMILES string of the molecule is Cc1cc2cn[nH]c2cc1C1=CCOCC1. The molecule has 0 fully saturated rings. The van der Waals surface area contributed by atoms with Crippen LogP contribution in [0.1, 0.15) is 17.5 Å². The lowest BCUT2D eigenvalue weighted by Crippen LogP contribution is -2.04. The minimum atomic E-state index is 0.732. The maximum absolute atomic E-state index is 5.34. The summed E-state index contributed by atoms with van der Waals surface area (Å²) in [4.78, 5) is 0. The van der Waals surface area contributed by atoms with Gasteiger partial charge in [0.1, 0.15) is 0 Å².